The zero-order chi connectivity index (χ0) is 15.9. The van der Waals surface area contributed by atoms with Crippen LogP contribution >= 0.6 is 0 Å². The second-order valence-corrected chi connectivity index (χ2v) is 4.56. The van der Waals surface area contributed by atoms with Gasteiger partial charge in [-0.2, -0.15) is 0 Å². The number of aliphatic imine (C=N–C) groups is 2. The fourth-order valence-electron chi connectivity index (χ4n) is 1.72. The second kappa shape index (κ2) is 8.80. The van der Waals surface area contributed by atoms with Crippen LogP contribution in [0.25, 0.3) is 0 Å². The molecule has 0 unspecified atom stereocenters. The van der Waals surface area contributed by atoms with Crippen LogP contribution in [0.5, 0.6) is 23.0 Å². The van der Waals surface area contributed by atoms with Gasteiger partial charge in [0.2, 0.25) is 0 Å². The zero-order valence-corrected chi connectivity index (χ0v) is 13.0. The van der Waals surface area contributed by atoms with Crippen LogP contribution in [0.15, 0.2) is 46.4 Å². The smallest absolute Gasteiger partial charge is 0.508 e. The van der Waals surface area contributed by atoms with E-state index in [2.05, 4.69) is 9.98 Å². The predicted molar refractivity (Wildman–Crippen MR) is 84.5 cm³/mol. The van der Waals surface area contributed by atoms with E-state index in [4.69, 9.17) is 10.2 Å². The monoisotopic (exact) mass is 358 g/mol. The van der Waals surface area contributed by atoms with Crippen molar-refractivity contribution in [3.05, 3.63) is 47.5 Å². The molecule has 0 saturated carbocycles. The van der Waals surface area contributed by atoms with Crippen LogP contribution < -0.4 is 0 Å². The minimum atomic E-state index is -0.0405. The van der Waals surface area contributed by atoms with E-state index in [-0.39, 0.29) is 39.5 Å². The minimum absolute atomic E-state index is 0. The molecule has 0 spiro atoms. The molecule has 6 nitrogen and oxygen atoms in total. The number of nitrogens with zero attached hydrogens (tertiary/aromatic N) is 2. The first kappa shape index (κ1) is 18.5. The van der Waals surface area contributed by atoms with E-state index in [1.165, 1.54) is 36.7 Å². The summed E-state index contributed by atoms with van der Waals surface area (Å²) in [5, 5.41) is 37.5. The molecule has 0 saturated heterocycles. The van der Waals surface area contributed by atoms with Gasteiger partial charge in [0.15, 0.2) is 0 Å². The van der Waals surface area contributed by atoms with Crippen LogP contribution in [0.1, 0.15) is 11.1 Å². The topological polar surface area (TPSA) is 106 Å². The maximum atomic E-state index is 9.57. The van der Waals surface area contributed by atoms with Gasteiger partial charge >= 0.3 is 16.5 Å². The second-order valence-electron chi connectivity index (χ2n) is 4.56. The Morgan fingerprint density at radius 3 is 1.43 bits per heavy atom. The largest absolute Gasteiger partial charge is 2.00 e. The summed E-state index contributed by atoms with van der Waals surface area (Å²) >= 11 is 0. The molecule has 0 bridgehead atoms. The van der Waals surface area contributed by atoms with Gasteiger partial charge in [-0.3, -0.25) is 9.98 Å². The standard InChI is InChI=1S/C16H16N2O4.Ni/c19-13-3-1-11(15(21)7-13)9-17-5-6-18-10-12-2-4-14(20)8-16(12)22;/h1-4,7-10,19-22H,5-6H2;/q;+2. The zero-order valence-electron chi connectivity index (χ0n) is 12.0. The Balaban J connectivity index is 0.00000264. The van der Waals surface area contributed by atoms with Gasteiger partial charge in [0, 0.05) is 35.7 Å². The van der Waals surface area contributed by atoms with E-state index >= 15 is 0 Å². The molecular formula is C16H16N2NiO4+2. The van der Waals surface area contributed by atoms with Crippen molar-refractivity contribution in [2.24, 2.45) is 9.98 Å². The molecule has 0 aliphatic rings. The van der Waals surface area contributed by atoms with Crippen molar-refractivity contribution < 1.29 is 36.9 Å². The van der Waals surface area contributed by atoms with E-state index in [1.54, 1.807) is 12.1 Å². The Hall–Kier alpha value is -2.53. The Labute approximate surface area is 143 Å². The van der Waals surface area contributed by atoms with Gasteiger partial charge in [0.25, 0.3) is 0 Å². The van der Waals surface area contributed by atoms with E-state index in [0.717, 1.165) is 0 Å². The third kappa shape index (κ3) is 5.64. The molecule has 2 rings (SSSR count). The van der Waals surface area contributed by atoms with Crippen molar-refractivity contribution in [2.75, 3.05) is 13.1 Å². The van der Waals surface area contributed by atoms with Crippen molar-refractivity contribution in [2.45, 2.75) is 0 Å². The summed E-state index contributed by atoms with van der Waals surface area (Å²) in [5.74, 6) is -0.0940. The number of phenolic OH excluding ortho intramolecular Hbond substituents is 4. The number of hydrogen-bond acceptors (Lipinski definition) is 6. The summed E-state index contributed by atoms with van der Waals surface area (Å²) in [6.07, 6.45) is 3.00. The van der Waals surface area contributed by atoms with Crippen molar-refractivity contribution >= 4 is 12.4 Å². The van der Waals surface area contributed by atoms with Gasteiger partial charge in [-0.1, -0.05) is 0 Å². The summed E-state index contributed by atoms with van der Waals surface area (Å²) in [5.41, 5.74) is 1.02. The fraction of sp³-hybridized carbons (Fsp3) is 0.125. The van der Waals surface area contributed by atoms with Gasteiger partial charge in [-0.25, -0.2) is 0 Å². The van der Waals surface area contributed by atoms with Gasteiger partial charge in [-0.05, 0) is 24.3 Å². The summed E-state index contributed by atoms with van der Waals surface area (Å²) in [6.45, 7) is 0.825. The van der Waals surface area contributed by atoms with Crippen molar-refractivity contribution in [3.63, 3.8) is 0 Å². The number of rotatable bonds is 5. The van der Waals surface area contributed by atoms with Crippen molar-refractivity contribution in [1.82, 2.24) is 0 Å². The Morgan fingerprint density at radius 2 is 1.09 bits per heavy atom. The molecular weight excluding hydrogens is 343 g/mol. The molecule has 0 aromatic heterocycles. The first-order valence-corrected chi connectivity index (χ1v) is 6.60. The van der Waals surface area contributed by atoms with Crippen LogP contribution in [0.2, 0.25) is 0 Å². The molecule has 0 heterocycles. The van der Waals surface area contributed by atoms with Gasteiger partial charge < -0.3 is 20.4 Å². The number of benzene rings is 2. The van der Waals surface area contributed by atoms with Crippen LogP contribution in [0, 0.1) is 0 Å². The molecule has 0 radical (unpaired) electrons. The molecule has 0 fully saturated rings. The minimum Gasteiger partial charge on any atom is -0.508 e. The molecule has 23 heavy (non-hydrogen) atoms. The van der Waals surface area contributed by atoms with E-state index in [9.17, 15) is 10.2 Å². The molecule has 0 amide bonds. The van der Waals surface area contributed by atoms with Crippen LogP contribution in [-0.2, 0) is 16.5 Å². The van der Waals surface area contributed by atoms with Gasteiger partial charge in [0.05, 0.1) is 13.1 Å². The van der Waals surface area contributed by atoms with Gasteiger partial charge in [0.1, 0.15) is 23.0 Å². The first-order chi connectivity index (χ1) is 10.6. The summed E-state index contributed by atoms with van der Waals surface area (Å²) in [4.78, 5) is 8.23. The van der Waals surface area contributed by atoms with E-state index in [0.29, 0.717) is 24.2 Å². The summed E-state index contributed by atoms with van der Waals surface area (Å²) in [7, 11) is 0. The number of phenols is 4. The van der Waals surface area contributed by atoms with Crippen molar-refractivity contribution in [3.8, 4) is 23.0 Å². The Morgan fingerprint density at radius 1 is 0.696 bits per heavy atom. The number of hydrogen-bond donors (Lipinski definition) is 4. The maximum Gasteiger partial charge on any atom is 2.00 e. The molecule has 0 aliphatic carbocycles. The first-order valence-electron chi connectivity index (χ1n) is 6.60. The normalized spacial score (nSPS) is 11.0. The molecule has 7 heteroatoms. The SMILES string of the molecule is Oc1ccc(C=NCCN=Cc2ccc(O)cc2O)c(O)c1.[Ni+2]. The van der Waals surface area contributed by atoms with Crippen LogP contribution in [0.4, 0.5) is 0 Å². The third-order valence-corrected chi connectivity index (χ3v) is 2.85. The molecule has 122 valence electrons. The molecule has 2 aromatic rings. The van der Waals surface area contributed by atoms with Crippen LogP contribution in [-0.4, -0.2) is 45.9 Å². The van der Waals surface area contributed by atoms with E-state index < -0.39 is 0 Å². The summed E-state index contributed by atoms with van der Waals surface area (Å²) in [6, 6.07) is 8.54. The fourth-order valence-corrected chi connectivity index (χ4v) is 1.72. The Bertz CT molecular complexity index is 656. The van der Waals surface area contributed by atoms with Gasteiger partial charge in [-0.15, -0.1) is 0 Å². The maximum absolute atomic E-state index is 9.57. The Kier molecular flexibility index (Phi) is 7.09. The molecule has 0 aliphatic heterocycles. The number of aromatic hydroxyl groups is 4. The van der Waals surface area contributed by atoms with Crippen LogP contribution in [0.3, 0.4) is 0 Å². The molecule has 2 aromatic carbocycles. The third-order valence-electron chi connectivity index (χ3n) is 2.85. The average molecular weight is 359 g/mol. The quantitative estimate of drug-likeness (QED) is 0.373. The molecule has 4 N–H and O–H groups in total. The predicted octanol–water partition coefficient (Wildman–Crippen LogP) is 2.04. The summed E-state index contributed by atoms with van der Waals surface area (Å²) < 4.78 is 0. The molecule has 0 atom stereocenters. The van der Waals surface area contributed by atoms with E-state index in [1.807, 2.05) is 0 Å². The van der Waals surface area contributed by atoms with Crippen molar-refractivity contribution in [1.29, 1.82) is 0 Å². The average Bonchev–Trinajstić information content (AvgIpc) is 2.46.